The van der Waals surface area contributed by atoms with Gasteiger partial charge in [-0.15, -0.1) is 24.0 Å². The van der Waals surface area contributed by atoms with Crippen molar-refractivity contribution in [1.82, 2.24) is 10.6 Å². The van der Waals surface area contributed by atoms with Crippen molar-refractivity contribution in [3.05, 3.63) is 58.7 Å². The Morgan fingerprint density at radius 1 is 1.10 bits per heavy atom. The molecule has 0 bridgehead atoms. The molecule has 1 aliphatic heterocycles. The molecule has 0 saturated carbocycles. The number of nitrogens with zero attached hydrogens (tertiary/aromatic N) is 1. The standard InChI is InChI=1S/C24H33N3O3.HI/c1-17-7-9-20(23(12-17)30-16-21-6-5-11-29-21)15-27-24(25-3)26-14-19-8-10-22(28-4)18(2)13-19;/h7-10,12-13,21H,5-6,11,14-16H2,1-4H3,(H2,25,26,27);1H. The third-order valence-electron chi connectivity index (χ3n) is 5.26. The summed E-state index contributed by atoms with van der Waals surface area (Å²) in [6.45, 7) is 6.87. The van der Waals surface area contributed by atoms with Gasteiger partial charge in [-0.1, -0.05) is 24.3 Å². The van der Waals surface area contributed by atoms with Crippen molar-refractivity contribution in [2.24, 2.45) is 4.99 Å². The van der Waals surface area contributed by atoms with Crippen LogP contribution in [0.1, 0.15) is 35.1 Å². The van der Waals surface area contributed by atoms with Gasteiger partial charge in [0.1, 0.15) is 18.1 Å². The summed E-state index contributed by atoms with van der Waals surface area (Å²) >= 11 is 0. The Kier molecular flexibility index (Phi) is 10.4. The Balaban J connectivity index is 0.00000341. The normalized spacial score (nSPS) is 15.9. The molecular formula is C24H34IN3O3. The lowest BCUT2D eigenvalue weighted by atomic mass is 10.1. The molecule has 0 radical (unpaired) electrons. The van der Waals surface area contributed by atoms with Gasteiger partial charge in [0.05, 0.1) is 13.2 Å². The van der Waals surface area contributed by atoms with Crippen LogP contribution in [-0.4, -0.2) is 39.4 Å². The molecule has 170 valence electrons. The second kappa shape index (κ2) is 12.8. The van der Waals surface area contributed by atoms with Gasteiger partial charge in [-0.25, -0.2) is 0 Å². The van der Waals surface area contributed by atoms with Crippen LogP contribution in [0.3, 0.4) is 0 Å². The quantitative estimate of drug-likeness (QED) is 0.297. The number of rotatable bonds is 8. The van der Waals surface area contributed by atoms with Gasteiger partial charge in [0, 0.05) is 32.3 Å². The molecule has 2 aromatic carbocycles. The summed E-state index contributed by atoms with van der Waals surface area (Å²) in [5.74, 6) is 2.55. The predicted octanol–water partition coefficient (Wildman–Crippen LogP) is 4.35. The molecule has 7 heteroatoms. The van der Waals surface area contributed by atoms with Gasteiger partial charge in [-0.05, 0) is 55.5 Å². The summed E-state index contributed by atoms with van der Waals surface area (Å²) < 4.78 is 17.1. The molecule has 1 atom stereocenters. The predicted molar refractivity (Wildman–Crippen MR) is 136 cm³/mol. The highest BCUT2D eigenvalue weighted by molar-refractivity contribution is 14.0. The largest absolute Gasteiger partial charge is 0.496 e. The van der Waals surface area contributed by atoms with Crippen LogP contribution in [0, 0.1) is 13.8 Å². The number of halogens is 1. The van der Waals surface area contributed by atoms with Crippen molar-refractivity contribution < 1.29 is 14.2 Å². The molecular weight excluding hydrogens is 505 g/mol. The average Bonchev–Trinajstić information content (AvgIpc) is 3.27. The van der Waals surface area contributed by atoms with Gasteiger partial charge in [-0.3, -0.25) is 4.99 Å². The third-order valence-corrected chi connectivity index (χ3v) is 5.26. The first-order valence-corrected chi connectivity index (χ1v) is 10.5. The molecule has 2 aromatic rings. The summed E-state index contributed by atoms with van der Waals surface area (Å²) in [4.78, 5) is 4.34. The molecule has 6 nitrogen and oxygen atoms in total. The number of guanidine groups is 1. The van der Waals surface area contributed by atoms with Crippen LogP contribution in [0.5, 0.6) is 11.5 Å². The summed E-state index contributed by atoms with van der Waals surface area (Å²) in [5.41, 5.74) is 4.57. The van der Waals surface area contributed by atoms with Gasteiger partial charge in [0.2, 0.25) is 0 Å². The Morgan fingerprint density at radius 2 is 1.90 bits per heavy atom. The number of methoxy groups -OCH3 is 1. The van der Waals surface area contributed by atoms with Crippen molar-refractivity contribution in [3.63, 3.8) is 0 Å². The molecule has 2 N–H and O–H groups in total. The first kappa shape index (κ1) is 25.3. The fourth-order valence-electron chi connectivity index (χ4n) is 3.54. The van der Waals surface area contributed by atoms with Gasteiger partial charge in [-0.2, -0.15) is 0 Å². The van der Waals surface area contributed by atoms with E-state index in [-0.39, 0.29) is 30.1 Å². The Bertz CT molecular complexity index is 867. The third kappa shape index (κ3) is 7.57. The van der Waals surface area contributed by atoms with Crippen LogP contribution in [0.4, 0.5) is 0 Å². The second-order valence-corrected chi connectivity index (χ2v) is 7.64. The van der Waals surface area contributed by atoms with E-state index in [0.29, 0.717) is 19.7 Å². The lowest BCUT2D eigenvalue weighted by Gasteiger charge is -2.17. The number of aryl methyl sites for hydroxylation is 2. The second-order valence-electron chi connectivity index (χ2n) is 7.64. The van der Waals surface area contributed by atoms with E-state index in [1.54, 1.807) is 14.2 Å². The number of nitrogens with one attached hydrogen (secondary N) is 2. The Morgan fingerprint density at radius 3 is 2.58 bits per heavy atom. The van der Waals surface area contributed by atoms with Crippen LogP contribution in [0.15, 0.2) is 41.4 Å². The summed E-state index contributed by atoms with van der Waals surface area (Å²) in [6, 6.07) is 12.5. The van der Waals surface area contributed by atoms with Crippen LogP contribution >= 0.6 is 24.0 Å². The topological polar surface area (TPSA) is 64.1 Å². The van der Waals surface area contributed by atoms with E-state index >= 15 is 0 Å². The highest BCUT2D eigenvalue weighted by Gasteiger charge is 2.17. The molecule has 1 heterocycles. The maximum atomic E-state index is 6.09. The highest BCUT2D eigenvalue weighted by atomic mass is 127. The zero-order valence-electron chi connectivity index (χ0n) is 18.9. The first-order valence-electron chi connectivity index (χ1n) is 10.5. The molecule has 1 aliphatic rings. The fourth-order valence-corrected chi connectivity index (χ4v) is 3.54. The van der Waals surface area contributed by atoms with Crippen molar-refractivity contribution in [1.29, 1.82) is 0 Å². The molecule has 3 rings (SSSR count). The highest BCUT2D eigenvalue weighted by Crippen LogP contribution is 2.22. The summed E-state index contributed by atoms with van der Waals surface area (Å²) in [7, 11) is 3.47. The van der Waals surface area contributed by atoms with E-state index in [4.69, 9.17) is 14.2 Å². The van der Waals surface area contributed by atoms with Gasteiger partial charge < -0.3 is 24.8 Å². The number of hydrogen-bond donors (Lipinski definition) is 2. The van der Waals surface area contributed by atoms with E-state index in [1.165, 1.54) is 11.1 Å². The molecule has 0 aliphatic carbocycles. The SMILES string of the molecule is CN=C(NCc1ccc(OC)c(C)c1)NCc1ccc(C)cc1OCC1CCCO1.I. The molecule has 1 fully saturated rings. The van der Waals surface area contributed by atoms with Gasteiger partial charge in [0.15, 0.2) is 5.96 Å². The van der Waals surface area contributed by atoms with Gasteiger partial charge >= 0.3 is 0 Å². The zero-order chi connectivity index (χ0) is 21.3. The lowest BCUT2D eigenvalue weighted by molar-refractivity contribution is 0.0676. The van der Waals surface area contributed by atoms with Crippen LogP contribution in [0.2, 0.25) is 0 Å². The molecule has 0 spiro atoms. The van der Waals surface area contributed by atoms with E-state index in [0.717, 1.165) is 48.0 Å². The number of aliphatic imine (C=N–C) groups is 1. The van der Waals surface area contributed by atoms with Crippen molar-refractivity contribution in [2.45, 2.75) is 45.9 Å². The summed E-state index contributed by atoms with van der Waals surface area (Å²) in [5, 5.41) is 6.75. The minimum absolute atomic E-state index is 0. The number of ether oxygens (including phenoxy) is 3. The van der Waals surface area contributed by atoms with Crippen LogP contribution < -0.4 is 20.1 Å². The average molecular weight is 539 g/mol. The minimum Gasteiger partial charge on any atom is -0.496 e. The van der Waals surface area contributed by atoms with Crippen molar-refractivity contribution in [3.8, 4) is 11.5 Å². The molecule has 1 unspecified atom stereocenters. The smallest absolute Gasteiger partial charge is 0.191 e. The van der Waals surface area contributed by atoms with E-state index in [1.807, 2.05) is 13.0 Å². The zero-order valence-corrected chi connectivity index (χ0v) is 21.2. The van der Waals surface area contributed by atoms with Crippen LogP contribution in [-0.2, 0) is 17.8 Å². The van der Waals surface area contributed by atoms with Crippen molar-refractivity contribution >= 4 is 29.9 Å². The number of hydrogen-bond acceptors (Lipinski definition) is 4. The maximum absolute atomic E-state index is 6.09. The van der Waals surface area contributed by atoms with E-state index in [9.17, 15) is 0 Å². The van der Waals surface area contributed by atoms with Crippen LogP contribution in [0.25, 0.3) is 0 Å². The molecule has 1 saturated heterocycles. The molecule has 0 aromatic heterocycles. The van der Waals surface area contributed by atoms with E-state index in [2.05, 4.69) is 52.9 Å². The van der Waals surface area contributed by atoms with E-state index < -0.39 is 0 Å². The Labute approximate surface area is 202 Å². The molecule has 31 heavy (non-hydrogen) atoms. The fraction of sp³-hybridized carbons (Fsp3) is 0.458. The lowest BCUT2D eigenvalue weighted by Crippen LogP contribution is -2.36. The Hall–Kier alpha value is -2.00. The van der Waals surface area contributed by atoms with Gasteiger partial charge in [0.25, 0.3) is 0 Å². The van der Waals surface area contributed by atoms with Crippen molar-refractivity contribution in [2.75, 3.05) is 27.4 Å². The monoisotopic (exact) mass is 539 g/mol. The minimum atomic E-state index is 0. The summed E-state index contributed by atoms with van der Waals surface area (Å²) in [6.07, 6.45) is 2.39. The molecule has 0 amide bonds. The first-order chi connectivity index (χ1) is 14.6. The maximum Gasteiger partial charge on any atom is 0.191 e. The number of benzene rings is 2.